The van der Waals surface area contributed by atoms with E-state index >= 15 is 0 Å². The molecule has 0 radical (unpaired) electrons. The molecule has 0 aliphatic heterocycles. The van der Waals surface area contributed by atoms with E-state index < -0.39 is 6.68 Å². The van der Waals surface area contributed by atoms with Gasteiger partial charge in [0.2, 0.25) is 0 Å². The molecule has 0 saturated heterocycles. The summed E-state index contributed by atoms with van der Waals surface area (Å²) in [5.41, 5.74) is 0. The Kier molecular flexibility index (Phi) is 7.99. The Morgan fingerprint density at radius 2 is 1.00 bits per heavy atom. The second kappa shape index (κ2) is 4.41. The first kappa shape index (κ1) is 9.05. The van der Waals surface area contributed by atoms with Crippen LogP contribution in [0.1, 0.15) is 0 Å². The summed E-state index contributed by atoms with van der Waals surface area (Å²) in [5, 5.41) is 0. The van der Waals surface area contributed by atoms with Gasteiger partial charge in [0.15, 0.2) is 6.68 Å². The fourth-order valence-electron chi connectivity index (χ4n) is 0. The van der Waals surface area contributed by atoms with Crippen LogP contribution in [0.3, 0.4) is 0 Å². The summed E-state index contributed by atoms with van der Waals surface area (Å²) in [4.78, 5) is 0. The molecule has 0 aromatic carbocycles. The molecule has 0 bridgehead atoms. The number of halogens is 3. The molecule has 0 rings (SSSR count). The SMILES string of the molecule is F[C-](F)F.[Zn+2]. The Hall–Kier alpha value is 0.413. The molecular weight excluding hydrogens is 134 g/mol. The summed E-state index contributed by atoms with van der Waals surface area (Å²) in [5.74, 6) is 0. The molecule has 0 nitrogen and oxygen atoms in total. The summed E-state index contributed by atoms with van der Waals surface area (Å²) in [6.07, 6.45) is 0. The third-order valence-electron chi connectivity index (χ3n) is 0. The van der Waals surface area contributed by atoms with E-state index in [1.54, 1.807) is 0 Å². The second-order valence-electron chi connectivity index (χ2n) is 0.214. The van der Waals surface area contributed by atoms with Crippen molar-refractivity contribution in [3.05, 3.63) is 6.68 Å². The molecule has 0 amide bonds. The van der Waals surface area contributed by atoms with Crippen LogP contribution in [0.2, 0.25) is 0 Å². The Morgan fingerprint density at radius 3 is 1.00 bits per heavy atom. The van der Waals surface area contributed by atoms with E-state index in [9.17, 15) is 13.2 Å². The predicted octanol–water partition coefficient (Wildman–Crippen LogP) is 1.34. The quantitative estimate of drug-likeness (QED) is 0.346. The molecule has 5 heavy (non-hydrogen) atoms. The maximum absolute atomic E-state index is 9.58. The van der Waals surface area contributed by atoms with Gasteiger partial charge in [-0.2, -0.15) is 0 Å². The topological polar surface area (TPSA) is 0 Å². The molecule has 0 heterocycles. The molecule has 4 heteroatoms. The van der Waals surface area contributed by atoms with E-state index in [1.807, 2.05) is 0 Å². The first-order valence-corrected chi connectivity index (χ1v) is 0.567. The van der Waals surface area contributed by atoms with Gasteiger partial charge in [0.05, 0.1) is 0 Å². The third kappa shape index (κ3) is 150. The van der Waals surface area contributed by atoms with E-state index in [-0.39, 0.29) is 19.5 Å². The first-order chi connectivity index (χ1) is 1.73. The Labute approximate surface area is 40.1 Å². The van der Waals surface area contributed by atoms with Gasteiger partial charge in [0.1, 0.15) is 0 Å². The van der Waals surface area contributed by atoms with Crippen LogP contribution < -0.4 is 0 Å². The van der Waals surface area contributed by atoms with Crippen molar-refractivity contribution in [3.63, 3.8) is 0 Å². The van der Waals surface area contributed by atoms with Gasteiger partial charge in [0, 0.05) is 0 Å². The molecule has 0 saturated carbocycles. The van der Waals surface area contributed by atoms with E-state index in [2.05, 4.69) is 0 Å². The Balaban J connectivity index is 0. The zero-order valence-corrected chi connectivity index (χ0v) is 5.31. The van der Waals surface area contributed by atoms with E-state index in [0.717, 1.165) is 0 Å². The van der Waals surface area contributed by atoms with Crippen molar-refractivity contribution in [1.29, 1.82) is 0 Å². The van der Waals surface area contributed by atoms with Crippen LogP contribution in [-0.4, -0.2) is 0 Å². The van der Waals surface area contributed by atoms with Crippen LogP contribution in [0, 0.1) is 6.68 Å². The van der Waals surface area contributed by atoms with Crippen molar-refractivity contribution >= 4 is 0 Å². The molecule has 0 fully saturated rings. The Morgan fingerprint density at radius 1 is 1.00 bits per heavy atom. The van der Waals surface area contributed by atoms with Gasteiger partial charge in [-0.05, 0) is 0 Å². The van der Waals surface area contributed by atoms with Crippen LogP contribution in [0.25, 0.3) is 0 Å². The molecule has 26 valence electrons. The molecule has 0 atom stereocenters. The standard InChI is InChI=1S/CF3.Zn/c2-1(3)4;/q-1;+2. The largest absolute Gasteiger partial charge is 2.00 e. The van der Waals surface area contributed by atoms with Crippen molar-refractivity contribution in [3.8, 4) is 0 Å². The van der Waals surface area contributed by atoms with Crippen LogP contribution in [-0.2, 0) is 19.5 Å². The Bertz CT molecular complexity index is 11.6. The van der Waals surface area contributed by atoms with Crippen LogP contribution >= 0.6 is 0 Å². The van der Waals surface area contributed by atoms with Gasteiger partial charge in [0.25, 0.3) is 0 Å². The van der Waals surface area contributed by atoms with Crippen molar-refractivity contribution in [2.45, 2.75) is 0 Å². The number of rotatable bonds is 0. The summed E-state index contributed by atoms with van der Waals surface area (Å²) in [6, 6.07) is 0. The molecule has 0 aromatic heterocycles. The van der Waals surface area contributed by atoms with E-state index in [0.29, 0.717) is 0 Å². The summed E-state index contributed by atoms with van der Waals surface area (Å²) < 4.78 is 28.8. The minimum absolute atomic E-state index is 0. The molecule has 0 N–H and O–H groups in total. The van der Waals surface area contributed by atoms with Crippen molar-refractivity contribution < 1.29 is 32.6 Å². The molecule has 0 aliphatic carbocycles. The first-order valence-electron chi connectivity index (χ1n) is 0.567. The van der Waals surface area contributed by atoms with Crippen LogP contribution in [0.4, 0.5) is 13.2 Å². The fraction of sp³-hybridized carbons (Fsp3) is 0. The number of hydrogen-bond donors (Lipinski definition) is 0. The smallest absolute Gasteiger partial charge is 0.385 e. The summed E-state index contributed by atoms with van der Waals surface area (Å²) in [6.45, 7) is -3.08. The van der Waals surface area contributed by atoms with Crippen molar-refractivity contribution in [2.75, 3.05) is 0 Å². The van der Waals surface area contributed by atoms with Gasteiger partial charge in [-0.15, -0.1) is 0 Å². The van der Waals surface area contributed by atoms with Gasteiger partial charge < -0.3 is 13.2 Å². The fourth-order valence-corrected chi connectivity index (χ4v) is 0. The predicted molar refractivity (Wildman–Crippen MR) is 6.57 cm³/mol. The van der Waals surface area contributed by atoms with Gasteiger partial charge in [-0.3, -0.25) is 0 Å². The average Bonchev–Trinajstić information content (AvgIpc) is 0.811. The maximum atomic E-state index is 9.58. The monoisotopic (exact) mass is 133 g/mol. The average molecular weight is 134 g/mol. The minimum Gasteiger partial charge on any atom is -0.385 e. The summed E-state index contributed by atoms with van der Waals surface area (Å²) in [7, 11) is 0. The second-order valence-corrected chi connectivity index (χ2v) is 0.214. The van der Waals surface area contributed by atoms with Gasteiger partial charge in [-0.1, -0.05) is 0 Å². The molecular formula is CF3Zn+. The maximum Gasteiger partial charge on any atom is 2.00 e. The third-order valence-corrected chi connectivity index (χ3v) is 0. The van der Waals surface area contributed by atoms with Crippen LogP contribution in [0.5, 0.6) is 0 Å². The number of hydrogen-bond acceptors (Lipinski definition) is 0. The summed E-state index contributed by atoms with van der Waals surface area (Å²) >= 11 is 0. The van der Waals surface area contributed by atoms with Crippen molar-refractivity contribution in [1.82, 2.24) is 0 Å². The molecule has 0 unspecified atom stereocenters. The van der Waals surface area contributed by atoms with Gasteiger partial charge in [-0.25, -0.2) is 0 Å². The normalized spacial score (nSPS) is 7.20. The van der Waals surface area contributed by atoms with E-state index in [4.69, 9.17) is 0 Å². The van der Waals surface area contributed by atoms with E-state index in [1.165, 1.54) is 0 Å². The molecule has 0 spiro atoms. The van der Waals surface area contributed by atoms with Crippen molar-refractivity contribution in [2.24, 2.45) is 0 Å². The zero-order chi connectivity index (χ0) is 3.58. The molecule has 0 aliphatic rings. The van der Waals surface area contributed by atoms with Crippen LogP contribution in [0.15, 0.2) is 0 Å². The zero-order valence-electron chi connectivity index (χ0n) is 2.34. The minimum atomic E-state index is -3.08. The van der Waals surface area contributed by atoms with Gasteiger partial charge >= 0.3 is 19.5 Å². The molecule has 0 aromatic rings.